The SMILES string of the molecule is COc1cc(Nc2ncc3cccc(-c4cccc(C=CC(N)=O)c4)c3n2)ccc1N1CCN(C)CC1. The predicted octanol–water partition coefficient (Wildman–Crippen LogP) is 4.30. The van der Waals surface area contributed by atoms with Crippen LogP contribution in [0.3, 0.4) is 0 Å². The number of nitrogens with two attached hydrogens (primary N) is 1. The normalized spacial score (nSPS) is 14.3. The van der Waals surface area contributed by atoms with Gasteiger partial charge in [-0.2, -0.15) is 0 Å². The Morgan fingerprint density at radius 2 is 1.86 bits per heavy atom. The van der Waals surface area contributed by atoms with Gasteiger partial charge in [0.15, 0.2) is 0 Å². The van der Waals surface area contributed by atoms with Crippen LogP contribution in [-0.2, 0) is 4.79 Å². The van der Waals surface area contributed by atoms with E-state index in [1.807, 2.05) is 60.8 Å². The summed E-state index contributed by atoms with van der Waals surface area (Å²) in [5.74, 6) is 0.836. The zero-order valence-electron chi connectivity index (χ0n) is 21.0. The van der Waals surface area contributed by atoms with E-state index in [-0.39, 0.29) is 0 Å². The standard InChI is InChI=1S/C29H30N6O2/c1-34-13-15-35(16-14-34)25-11-10-23(18-26(25)37-2)32-29-31-19-22-7-4-8-24(28(22)33-29)21-6-3-5-20(17-21)9-12-27(30)36/h3-12,17-19H,13-16H2,1-2H3,(H2,30,36)(H,31,32,33). The van der Waals surface area contributed by atoms with Crippen molar-refractivity contribution in [2.75, 3.05) is 50.6 Å². The summed E-state index contributed by atoms with van der Waals surface area (Å²) in [6, 6.07) is 20.0. The van der Waals surface area contributed by atoms with Crippen molar-refractivity contribution in [2.45, 2.75) is 0 Å². The molecule has 1 fully saturated rings. The van der Waals surface area contributed by atoms with E-state index in [0.29, 0.717) is 5.95 Å². The Morgan fingerprint density at radius 1 is 1.05 bits per heavy atom. The summed E-state index contributed by atoms with van der Waals surface area (Å²) in [6.45, 7) is 3.99. The quantitative estimate of drug-likeness (QED) is 0.370. The van der Waals surface area contributed by atoms with Gasteiger partial charge in [-0.05, 0) is 42.4 Å². The monoisotopic (exact) mass is 494 g/mol. The van der Waals surface area contributed by atoms with Gasteiger partial charge in [0.1, 0.15) is 5.75 Å². The number of fused-ring (bicyclic) bond motifs is 1. The number of methoxy groups -OCH3 is 1. The van der Waals surface area contributed by atoms with Crippen molar-refractivity contribution in [1.82, 2.24) is 14.9 Å². The van der Waals surface area contributed by atoms with Gasteiger partial charge >= 0.3 is 0 Å². The van der Waals surface area contributed by atoms with Gasteiger partial charge in [0.25, 0.3) is 0 Å². The topological polar surface area (TPSA) is 96.6 Å². The molecule has 8 heteroatoms. The second-order valence-electron chi connectivity index (χ2n) is 9.10. The maximum absolute atomic E-state index is 11.1. The smallest absolute Gasteiger partial charge is 0.241 e. The molecule has 1 aliphatic heterocycles. The van der Waals surface area contributed by atoms with E-state index in [0.717, 1.165) is 70.9 Å². The lowest BCUT2D eigenvalue weighted by Gasteiger charge is -2.34. The number of carbonyl (C=O) groups is 1. The highest BCUT2D eigenvalue weighted by Gasteiger charge is 2.18. The molecular weight excluding hydrogens is 464 g/mol. The summed E-state index contributed by atoms with van der Waals surface area (Å²) in [4.78, 5) is 25.2. The van der Waals surface area contributed by atoms with E-state index >= 15 is 0 Å². The van der Waals surface area contributed by atoms with Crippen molar-refractivity contribution in [3.63, 3.8) is 0 Å². The number of piperazine rings is 1. The minimum atomic E-state index is -0.479. The summed E-state index contributed by atoms with van der Waals surface area (Å²) in [6.07, 6.45) is 4.88. The van der Waals surface area contributed by atoms with Crippen molar-refractivity contribution in [3.05, 3.63) is 78.5 Å². The van der Waals surface area contributed by atoms with E-state index in [9.17, 15) is 4.79 Å². The molecule has 37 heavy (non-hydrogen) atoms. The fourth-order valence-electron chi connectivity index (χ4n) is 4.53. The van der Waals surface area contributed by atoms with E-state index in [1.165, 1.54) is 6.08 Å². The molecule has 1 amide bonds. The summed E-state index contributed by atoms with van der Waals surface area (Å²) in [5.41, 5.74) is 10.9. The summed E-state index contributed by atoms with van der Waals surface area (Å²) < 4.78 is 5.73. The van der Waals surface area contributed by atoms with Gasteiger partial charge in [-0.1, -0.05) is 36.4 Å². The molecule has 4 aromatic rings. The van der Waals surface area contributed by atoms with Crippen LogP contribution in [0.5, 0.6) is 5.75 Å². The summed E-state index contributed by atoms with van der Waals surface area (Å²) in [5, 5.41) is 4.27. The number of benzene rings is 3. The van der Waals surface area contributed by atoms with Crippen molar-refractivity contribution in [3.8, 4) is 16.9 Å². The largest absolute Gasteiger partial charge is 0.495 e. The number of anilines is 3. The average Bonchev–Trinajstić information content (AvgIpc) is 2.92. The molecule has 1 aromatic heterocycles. The van der Waals surface area contributed by atoms with Crippen LogP contribution in [0.1, 0.15) is 5.56 Å². The maximum atomic E-state index is 11.1. The maximum Gasteiger partial charge on any atom is 0.241 e. The first-order valence-corrected chi connectivity index (χ1v) is 12.2. The van der Waals surface area contributed by atoms with Gasteiger partial charge in [0.05, 0.1) is 18.3 Å². The van der Waals surface area contributed by atoms with Gasteiger partial charge in [-0.3, -0.25) is 4.79 Å². The predicted molar refractivity (Wildman–Crippen MR) is 149 cm³/mol. The molecule has 8 nitrogen and oxygen atoms in total. The Bertz CT molecular complexity index is 1460. The number of ether oxygens (including phenoxy) is 1. The first-order valence-electron chi connectivity index (χ1n) is 12.2. The minimum Gasteiger partial charge on any atom is -0.495 e. The highest BCUT2D eigenvalue weighted by molar-refractivity contribution is 5.95. The Hall–Kier alpha value is -4.43. The van der Waals surface area contributed by atoms with Crippen molar-refractivity contribution in [1.29, 1.82) is 0 Å². The van der Waals surface area contributed by atoms with Crippen LogP contribution in [-0.4, -0.2) is 61.1 Å². The number of aromatic nitrogens is 2. The molecule has 0 unspecified atom stereocenters. The second-order valence-corrected chi connectivity index (χ2v) is 9.10. The Morgan fingerprint density at radius 3 is 2.65 bits per heavy atom. The molecule has 2 heterocycles. The van der Waals surface area contributed by atoms with Gasteiger partial charge in [0.2, 0.25) is 11.9 Å². The molecule has 0 atom stereocenters. The number of primary amides is 1. The first-order chi connectivity index (χ1) is 18.0. The van der Waals surface area contributed by atoms with Crippen molar-refractivity contribution in [2.24, 2.45) is 5.73 Å². The van der Waals surface area contributed by atoms with Crippen molar-refractivity contribution < 1.29 is 9.53 Å². The lowest BCUT2D eigenvalue weighted by molar-refractivity contribution is -0.113. The molecular formula is C29H30N6O2. The number of nitrogens with zero attached hydrogens (tertiary/aromatic N) is 4. The highest BCUT2D eigenvalue weighted by atomic mass is 16.5. The van der Waals surface area contributed by atoms with Gasteiger partial charge in [0, 0.05) is 61.2 Å². The number of hydrogen-bond acceptors (Lipinski definition) is 7. The lowest BCUT2D eigenvalue weighted by Crippen LogP contribution is -2.44. The van der Waals surface area contributed by atoms with Gasteiger partial charge < -0.3 is 25.6 Å². The number of carbonyl (C=O) groups excluding carboxylic acids is 1. The van der Waals surface area contributed by atoms with Crippen LogP contribution in [0, 0.1) is 0 Å². The third-order valence-electron chi connectivity index (χ3n) is 6.53. The third kappa shape index (κ3) is 5.54. The second kappa shape index (κ2) is 10.7. The molecule has 0 bridgehead atoms. The zero-order valence-corrected chi connectivity index (χ0v) is 21.0. The van der Waals surface area contributed by atoms with Crippen LogP contribution in [0.25, 0.3) is 28.1 Å². The van der Waals surface area contributed by atoms with Gasteiger partial charge in [-0.25, -0.2) is 9.97 Å². The zero-order chi connectivity index (χ0) is 25.8. The lowest BCUT2D eigenvalue weighted by atomic mass is 10.0. The van der Waals surface area contributed by atoms with E-state index in [2.05, 4.69) is 33.2 Å². The number of amides is 1. The number of hydrogen-bond donors (Lipinski definition) is 2. The third-order valence-corrected chi connectivity index (χ3v) is 6.53. The number of likely N-dealkylation sites (N-methyl/N-ethyl adjacent to an activating group) is 1. The van der Waals surface area contributed by atoms with Crippen LogP contribution < -0.4 is 20.7 Å². The fourth-order valence-corrected chi connectivity index (χ4v) is 4.53. The molecule has 0 radical (unpaired) electrons. The Labute approximate surface area is 216 Å². The first kappa shape index (κ1) is 24.3. The molecule has 3 aromatic carbocycles. The molecule has 1 aliphatic rings. The van der Waals surface area contributed by atoms with Crippen LogP contribution in [0.4, 0.5) is 17.3 Å². The van der Waals surface area contributed by atoms with Crippen LogP contribution in [0.15, 0.2) is 72.9 Å². The van der Waals surface area contributed by atoms with Gasteiger partial charge in [-0.15, -0.1) is 0 Å². The Kier molecular flexibility index (Phi) is 7.00. The molecule has 0 spiro atoms. The molecule has 3 N–H and O–H groups in total. The molecule has 0 aliphatic carbocycles. The minimum absolute atomic E-state index is 0.479. The number of rotatable bonds is 7. The summed E-state index contributed by atoms with van der Waals surface area (Å²) in [7, 11) is 3.85. The molecule has 5 rings (SSSR count). The average molecular weight is 495 g/mol. The number of nitrogens with one attached hydrogen (secondary N) is 1. The van der Waals surface area contributed by atoms with Crippen LogP contribution in [0.2, 0.25) is 0 Å². The van der Waals surface area contributed by atoms with E-state index < -0.39 is 5.91 Å². The van der Waals surface area contributed by atoms with Crippen molar-refractivity contribution >= 4 is 40.2 Å². The van der Waals surface area contributed by atoms with E-state index in [4.69, 9.17) is 15.5 Å². The Balaban J connectivity index is 1.44. The summed E-state index contributed by atoms with van der Waals surface area (Å²) >= 11 is 0. The van der Waals surface area contributed by atoms with Crippen LogP contribution >= 0.6 is 0 Å². The number of para-hydroxylation sites is 1. The fraction of sp³-hybridized carbons (Fsp3) is 0.207. The molecule has 1 saturated heterocycles. The molecule has 0 saturated carbocycles. The van der Waals surface area contributed by atoms with E-state index in [1.54, 1.807) is 13.2 Å². The highest BCUT2D eigenvalue weighted by Crippen LogP contribution is 2.33. The molecule has 188 valence electrons.